The first kappa shape index (κ1) is 16.1. The van der Waals surface area contributed by atoms with Crippen molar-refractivity contribution in [3.8, 4) is 10.4 Å². The van der Waals surface area contributed by atoms with Gasteiger partial charge in [-0.3, -0.25) is 4.79 Å². The van der Waals surface area contributed by atoms with Crippen molar-refractivity contribution < 1.29 is 14.3 Å². The van der Waals surface area contributed by atoms with Gasteiger partial charge in [0.05, 0.1) is 11.6 Å². The average molecular weight is 348 g/mol. The number of hydrogen-bond donors (Lipinski definition) is 3. The van der Waals surface area contributed by atoms with E-state index in [0.29, 0.717) is 27.1 Å². The van der Waals surface area contributed by atoms with Gasteiger partial charge < -0.3 is 15.4 Å². The molecule has 0 aliphatic rings. The van der Waals surface area contributed by atoms with E-state index in [-0.39, 0.29) is 11.4 Å². The molecule has 3 aromatic rings. The first-order valence-electron chi connectivity index (χ1n) is 7.13. The standard InChI is InChI=1S/C15H13FN4O3S/c1-2-8(19-15(22)23)13-18-9-6-10(24-12(9)14(21)20-13)7-3-4-17-11(16)5-7/h3-6,8,19H,2H2,1H3,(H,22,23)(H,18,20,21). The van der Waals surface area contributed by atoms with Gasteiger partial charge in [0.1, 0.15) is 10.5 Å². The summed E-state index contributed by atoms with van der Waals surface area (Å²) in [5.41, 5.74) is 0.685. The van der Waals surface area contributed by atoms with Crippen LogP contribution in [0, 0.1) is 5.95 Å². The van der Waals surface area contributed by atoms with Gasteiger partial charge in [-0.15, -0.1) is 11.3 Å². The summed E-state index contributed by atoms with van der Waals surface area (Å²) >= 11 is 1.19. The van der Waals surface area contributed by atoms with E-state index >= 15 is 0 Å². The van der Waals surface area contributed by atoms with Gasteiger partial charge in [-0.25, -0.2) is 14.8 Å². The minimum atomic E-state index is -1.19. The molecule has 3 aromatic heterocycles. The first-order chi connectivity index (χ1) is 11.5. The van der Waals surface area contributed by atoms with Crippen molar-refractivity contribution in [1.82, 2.24) is 20.3 Å². The second-order valence-corrected chi connectivity index (χ2v) is 6.11. The SMILES string of the molecule is CCC(NC(=O)O)c1nc2cc(-c3ccnc(F)c3)sc2c(=O)[nH]1. The minimum absolute atomic E-state index is 0.252. The predicted octanol–water partition coefficient (Wildman–Crippen LogP) is 2.90. The number of thiophene rings is 1. The van der Waals surface area contributed by atoms with E-state index in [1.165, 1.54) is 23.6 Å². The molecule has 0 saturated heterocycles. The topological polar surface area (TPSA) is 108 Å². The highest BCUT2D eigenvalue weighted by molar-refractivity contribution is 7.22. The number of carbonyl (C=O) groups is 1. The number of nitrogens with one attached hydrogen (secondary N) is 2. The molecule has 3 rings (SSSR count). The van der Waals surface area contributed by atoms with Gasteiger partial charge >= 0.3 is 6.09 Å². The summed E-state index contributed by atoms with van der Waals surface area (Å²) in [5.74, 6) is -0.355. The molecule has 0 spiro atoms. The van der Waals surface area contributed by atoms with Crippen LogP contribution in [0.2, 0.25) is 0 Å². The highest BCUT2D eigenvalue weighted by Crippen LogP contribution is 2.31. The lowest BCUT2D eigenvalue weighted by Crippen LogP contribution is -2.29. The second kappa shape index (κ2) is 6.36. The third-order valence-corrected chi connectivity index (χ3v) is 4.62. The zero-order valence-electron chi connectivity index (χ0n) is 12.5. The van der Waals surface area contributed by atoms with Crippen LogP contribution in [0.3, 0.4) is 0 Å². The van der Waals surface area contributed by atoms with E-state index in [9.17, 15) is 14.0 Å². The fourth-order valence-electron chi connectivity index (χ4n) is 2.33. The van der Waals surface area contributed by atoms with E-state index in [2.05, 4.69) is 20.3 Å². The Kier molecular flexibility index (Phi) is 4.26. The molecule has 0 radical (unpaired) electrons. The van der Waals surface area contributed by atoms with Crippen LogP contribution < -0.4 is 10.9 Å². The smallest absolute Gasteiger partial charge is 0.405 e. The summed E-state index contributed by atoms with van der Waals surface area (Å²) in [5, 5.41) is 11.2. The zero-order chi connectivity index (χ0) is 17.3. The van der Waals surface area contributed by atoms with Gasteiger partial charge in [-0.2, -0.15) is 4.39 Å². The molecule has 0 aromatic carbocycles. The maximum Gasteiger partial charge on any atom is 0.405 e. The number of fused-ring (bicyclic) bond motifs is 1. The Morgan fingerprint density at radius 3 is 2.96 bits per heavy atom. The molecule has 0 bridgehead atoms. The predicted molar refractivity (Wildman–Crippen MR) is 87.6 cm³/mol. The minimum Gasteiger partial charge on any atom is -0.465 e. The quantitative estimate of drug-likeness (QED) is 0.628. The van der Waals surface area contributed by atoms with Crippen molar-refractivity contribution in [2.45, 2.75) is 19.4 Å². The number of amides is 1. The summed E-state index contributed by atoms with van der Waals surface area (Å²) in [4.78, 5) is 34.3. The van der Waals surface area contributed by atoms with Crippen LogP contribution >= 0.6 is 11.3 Å². The Morgan fingerprint density at radius 2 is 2.29 bits per heavy atom. The van der Waals surface area contributed by atoms with Gasteiger partial charge in [-0.1, -0.05) is 6.92 Å². The number of nitrogens with zero attached hydrogens (tertiary/aromatic N) is 2. The Morgan fingerprint density at radius 1 is 1.50 bits per heavy atom. The van der Waals surface area contributed by atoms with E-state index < -0.39 is 18.1 Å². The molecular formula is C15H13FN4O3S. The van der Waals surface area contributed by atoms with Crippen molar-refractivity contribution in [2.24, 2.45) is 0 Å². The van der Waals surface area contributed by atoms with Crippen LogP contribution in [0.1, 0.15) is 25.2 Å². The fraction of sp³-hybridized carbons (Fsp3) is 0.200. The molecule has 1 atom stereocenters. The highest BCUT2D eigenvalue weighted by atomic mass is 32.1. The molecule has 124 valence electrons. The number of pyridine rings is 1. The third kappa shape index (κ3) is 3.11. The monoisotopic (exact) mass is 348 g/mol. The van der Waals surface area contributed by atoms with E-state index in [1.54, 1.807) is 19.1 Å². The Labute approximate surface area is 139 Å². The summed E-state index contributed by atoms with van der Waals surface area (Å²) in [6, 6.07) is 3.99. The Bertz CT molecular complexity index is 969. The maximum atomic E-state index is 13.3. The summed E-state index contributed by atoms with van der Waals surface area (Å²) < 4.78 is 13.7. The van der Waals surface area contributed by atoms with Crippen LogP contribution in [0.4, 0.5) is 9.18 Å². The number of aromatic nitrogens is 3. The molecule has 1 unspecified atom stereocenters. The van der Waals surface area contributed by atoms with E-state index in [0.717, 1.165) is 0 Å². The van der Waals surface area contributed by atoms with Gasteiger partial charge in [0, 0.05) is 17.1 Å². The number of hydrogen-bond acceptors (Lipinski definition) is 5. The van der Waals surface area contributed by atoms with Crippen molar-refractivity contribution >= 4 is 27.6 Å². The lowest BCUT2D eigenvalue weighted by Gasteiger charge is -2.13. The molecule has 3 N–H and O–H groups in total. The number of halogens is 1. The fourth-order valence-corrected chi connectivity index (χ4v) is 3.32. The molecule has 0 fully saturated rings. The molecule has 24 heavy (non-hydrogen) atoms. The van der Waals surface area contributed by atoms with Crippen molar-refractivity contribution in [1.29, 1.82) is 0 Å². The molecule has 3 heterocycles. The number of H-pyrrole nitrogens is 1. The van der Waals surface area contributed by atoms with Crippen molar-refractivity contribution in [2.75, 3.05) is 0 Å². The van der Waals surface area contributed by atoms with Crippen molar-refractivity contribution in [3.63, 3.8) is 0 Å². The summed E-state index contributed by atoms with van der Waals surface area (Å²) in [6.45, 7) is 1.78. The van der Waals surface area contributed by atoms with Gasteiger partial charge in [-0.05, 0) is 24.1 Å². The lowest BCUT2D eigenvalue weighted by molar-refractivity contribution is 0.189. The number of rotatable bonds is 4. The van der Waals surface area contributed by atoms with E-state index in [1.807, 2.05) is 0 Å². The molecule has 0 aliphatic carbocycles. The summed E-state index contributed by atoms with van der Waals surface area (Å²) in [7, 11) is 0. The Hall–Kier alpha value is -2.81. The van der Waals surface area contributed by atoms with E-state index in [4.69, 9.17) is 5.11 Å². The van der Waals surface area contributed by atoms with Crippen LogP contribution in [0.25, 0.3) is 20.7 Å². The molecule has 1 amide bonds. The zero-order valence-corrected chi connectivity index (χ0v) is 13.4. The normalized spacial score (nSPS) is 12.2. The molecule has 7 nitrogen and oxygen atoms in total. The third-order valence-electron chi connectivity index (χ3n) is 3.45. The van der Waals surface area contributed by atoms with Crippen LogP contribution in [-0.2, 0) is 0 Å². The number of carboxylic acid groups (broad SMARTS) is 1. The van der Waals surface area contributed by atoms with Crippen LogP contribution in [-0.4, -0.2) is 26.2 Å². The van der Waals surface area contributed by atoms with Gasteiger partial charge in [0.2, 0.25) is 5.95 Å². The molecule has 0 saturated carbocycles. The highest BCUT2D eigenvalue weighted by Gasteiger charge is 2.17. The maximum absolute atomic E-state index is 13.3. The lowest BCUT2D eigenvalue weighted by atomic mass is 10.2. The van der Waals surface area contributed by atoms with Gasteiger partial charge in [0.15, 0.2) is 0 Å². The first-order valence-corrected chi connectivity index (χ1v) is 7.94. The molecule has 9 heteroatoms. The number of aromatic amines is 1. The second-order valence-electron chi connectivity index (χ2n) is 5.05. The molecular weight excluding hydrogens is 335 g/mol. The Balaban J connectivity index is 2.08. The van der Waals surface area contributed by atoms with Crippen LogP contribution in [0.15, 0.2) is 29.2 Å². The largest absolute Gasteiger partial charge is 0.465 e. The van der Waals surface area contributed by atoms with Crippen LogP contribution in [0.5, 0.6) is 0 Å². The van der Waals surface area contributed by atoms with Gasteiger partial charge in [0.25, 0.3) is 5.56 Å². The summed E-state index contributed by atoms with van der Waals surface area (Å²) in [6.07, 6.45) is 0.595. The molecule has 0 aliphatic heterocycles. The average Bonchev–Trinajstić information content (AvgIpc) is 2.97. The van der Waals surface area contributed by atoms with Crippen molar-refractivity contribution in [3.05, 3.63) is 46.5 Å².